The lowest BCUT2D eigenvalue weighted by Gasteiger charge is -2.15. The van der Waals surface area contributed by atoms with Gasteiger partial charge in [0.2, 0.25) is 0 Å². The number of aromatic nitrogens is 2. The number of benzene rings is 1. The van der Waals surface area contributed by atoms with Crippen molar-refractivity contribution >= 4 is 11.0 Å². The molecule has 1 unspecified atom stereocenters. The van der Waals surface area contributed by atoms with Crippen LogP contribution in [0.5, 0.6) is 0 Å². The van der Waals surface area contributed by atoms with Gasteiger partial charge >= 0.3 is 0 Å². The van der Waals surface area contributed by atoms with Gasteiger partial charge in [0.25, 0.3) is 5.56 Å². The summed E-state index contributed by atoms with van der Waals surface area (Å²) in [5.74, 6) is 0. The first-order chi connectivity index (χ1) is 10.1. The van der Waals surface area contributed by atoms with Crippen LogP contribution in [0.3, 0.4) is 0 Å². The van der Waals surface area contributed by atoms with Crippen molar-refractivity contribution in [2.45, 2.75) is 52.6 Å². The van der Waals surface area contributed by atoms with Crippen LogP contribution in [0, 0.1) is 6.92 Å². The lowest BCUT2D eigenvalue weighted by molar-refractivity contribution is 0.475. The third-order valence-corrected chi connectivity index (χ3v) is 3.78. The van der Waals surface area contributed by atoms with Gasteiger partial charge in [-0.05, 0) is 51.8 Å². The van der Waals surface area contributed by atoms with Crippen molar-refractivity contribution in [3.8, 4) is 0 Å². The average molecular weight is 287 g/mol. The minimum absolute atomic E-state index is 0.0304. The Kier molecular flexibility index (Phi) is 5.51. The van der Waals surface area contributed by atoms with Crippen molar-refractivity contribution in [1.29, 1.82) is 0 Å². The Bertz CT molecular complexity index is 648. The topological polar surface area (TPSA) is 46.9 Å². The maximum absolute atomic E-state index is 12.3. The number of hydrogen-bond donors (Lipinski definition) is 1. The zero-order valence-electron chi connectivity index (χ0n) is 13.2. The molecule has 0 saturated heterocycles. The molecule has 1 aromatic carbocycles. The largest absolute Gasteiger partial charge is 0.314 e. The SMILES string of the molecule is CCCNC(C)CCCn1c(=O)c(C)nc2ccccc21. The van der Waals surface area contributed by atoms with E-state index in [1.807, 2.05) is 28.8 Å². The van der Waals surface area contributed by atoms with Gasteiger partial charge in [-0.2, -0.15) is 0 Å². The van der Waals surface area contributed by atoms with Gasteiger partial charge in [-0.15, -0.1) is 0 Å². The Hall–Kier alpha value is -1.68. The number of fused-ring (bicyclic) bond motifs is 1. The third kappa shape index (κ3) is 3.91. The van der Waals surface area contributed by atoms with Crippen LogP contribution >= 0.6 is 0 Å². The highest BCUT2D eigenvalue weighted by Gasteiger charge is 2.08. The molecule has 2 rings (SSSR count). The summed E-state index contributed by atoms with van der Waals surface area (Å²) in [7, 11) is 0. The zero-order valence-corrected chi connectivity index (χ0v) is 13.2. The van der Waals surface area contributed by atoms with Crippen LogP contribution < -0.4 is 10.9 Å². The molecule has 0 bridgehead atoms. The van der Waals surface area contributed by atoms with Gasteiger partial charge in [0.1, 0.15) is 5.69 Å². The standard InChI is InChI=1S/C17H25N3O/c1-4-11-18-13(2)8-7-12-20-16-10-6-5-9-15(16)19-14(3)17(20)21/h5-6,9-10,13,18H,4,7-8,11-12H2,1-3H3. The number of nitrogens with one attached hydrogen (secondary N) is 1. The second-order valence-electron chi connectivity index (χ2n) is 5.64. The summed E-state index contributed by atoms with van der Waals surface area (Å²) in [4.78, 5) is 16.7. The van der Waals surface area contributed by atoms with E-state index in [4.69, 9.17) is 0 Å². The predicted molar refractivity (Wildman–Crippen MR) is 87.7 cm³/mol. The number of para-hydroxylation sites is 2. The molecule has 4 heteroatoms. The molecule has 2 aromatic rings. The molecule has 0 spiro atoms. The number of aryl methyl sites for hydroxylation is 2. The second-order valence-corrected chi connectivity index (χ2v) is 5.64. The molecule has 1 heterocycles. The number of hydrogen-bond acceptors (Lipinski definition) is 3. The quantitative estimate of drug-likeness (QED) is 0.852. The Morgan fingerprint density at radius 1 is 1.33 bits per heavy atom. The summed E-state index contributed by atoms with van der Waals surface area (Å²) in [5.41, 5.74) is 2.43. The summed E-state index contributed by atoms with van der Waals surface area (Å²) >= 11 is 0. The molecular formula is C17H25N3O. The summed E-state index contributed by atoms with van der Waals surface area (Å²) in [5, 5.41) is 3.48. The maximum Gasteiger partial charge on any atom is 0.272 e. The molecule has 1 atom stereocenters. The zero-order chi connectivity index (χ0) is 15.2. The van der Waals surface area contributed by atoms with E-state index < -0.39 is 0 Å². The van der Waals surface area contributed by atoms with E-state index in [9.17, 15) is 4.79 Å². The molecule has 1 N–H and O–H groups in total. The smallest absolute Gasteiger partial charge is 0.272 e. The minimum atomic E-state index is 0.0304. The maximum atomic E-state index is 12.3. The summed E-state index contributed by atoms with van der Waals surface area (Å²) < 4.78 is 1.87. The van der Waals surface area contributed by atoms with Crippen LogP contribution in [0.1, 0.15) is 38.8 Å². The number of rotatable bonds is 7. The molecule has 114 valence electrons. The second kappa shape index (κ2) is 7.36. The summed E-state index contributed by atoms with van der Waals surface area (Å²) in [6, 6.07) is 8.35. The fourth-order valence-electron chi connectivity index (χ4n) is 2.59. The molecule has 4 nitrogen and oxygen atoms in total. The van der Waals surface area contributed by atoms with Crippen LogP contribution in [0.25, 0.3) is 11.0 Å². The van der Waals surface area contributed by atoms with Gasteiger partial charge in [0, 0.05) is 12.6 Å². The predicted octanol–water partition coefficient (Wildman–Crippen LogP) is 2.87. The van der Waals surface area contributed by atoms with Crippen molar-refractivity contribution in [1.82, 2.24) is 14.9 Å². The Labute approximate surface area is 126 Å². The highest BCUT2D eigenvalue weighted by molar-refractivity contribution is 5.74. The van der Waals surface area contributed by atoms with E-state index in [0.717, 1.165) is 43.4 Å². The van der Waals surface area contributed by atoms with E-state index in [2.05, 4.69) is 24.1 Å². The average Bonchev–Trinajstić information content (AvgIpc) is 2.49. The summed E-state index contributed by atoms with van der Waals surface area (Å²) in [6.07, 6.45) is 3.21. The first-order valence-electron chi connectivity index (χ1n) is 7.83. The van der Waals surface area contributed by atoms with Crippen molar-refractivity contribution in [2.24, 2.45) is 0 Å². The number of nitrogens with zero attached hydrogens (tertiary/aromatic N) is 2. The summed E-state index contributed by atoms with van der Waals surface area (Å²) in [6.45, 7) is 7.97. The lowest BCUT2D eigenvalue weighted by Crippen LogP contribution is -2.28. The van der Waals surface area contributed by atoms with E-state index >= 15 is 0 Å². The normalized spacial score (nSPS) is 12.7. The Morgan fingerprint density at radius 3 is 2.86 bits per heavy atom. The highest BCUT2D eigenvalue weighted by Crippen LogP contribution is 2.11. The van der Waals surface area contributed by atoms with Gasteiger partial charge < -0.3 is 9.88 Å². The molecule has 0 fully saturated rings. The van der Waals surface area contributed by atoms with E-state index in [-0.39, 0.29) is 5.56 Å². The lowest BCUT2D eigenvalue weighted by atomic mass is 10.1. The molecule has 0 saturated carbocycles. The molecule has 0 aliphatic carbocycles. The molecule has 0 amide bonds. The van der Waals surface area contributed by atoms with E-state index in [1.165, 1.54) is 0 Å². The van der Waals surface area contributed by atoms with Crippen LogP contribution in [0.15, 0.2) is 29.1 Å². The molecular weight excluding hydrogens is 262 g/mol. The fourth-order valence-corrected chi connectivity index (χ4v) is 2.59. The molecule has 0 aliphatic heterocycles. The van der Waals surface area contributed by atoms with Crippen molar-refractivity contribution in [3.63, 3.8) is 0 Å². The van der Waals surface area contributed by atoms with Crippen LogP contribution in [-0.4, -0.2) is 22.1 Å². The third-order valence-electron chi connectivity index (χ3n) is 3.78. The molecule has 1 aromatic heterocycles. The van der Waals surface area contributed by atoms with Crippen molar-refractivity contribution < 1.29 is 0 Å². The van der Waals surface area contributed by atoms with Gasteiger partial charge in [0.05, 0.1) is 11.0 Å². The minimum Gasteiger partial charge on any atom is -0.314 e. The van der Waals surface area contributed by atoms with Gasteiger partial charge in [0.15, 0.2) is 0 Å². The molecule has 0 aliphatic rings. The Morgan fingerprint density at radius 2 is 2.10 bits per heavy atom. The van der Waals surface area contributed by atoms with Crippen LogP contribution in [0.2, 0.25) is 0 Å². The fraction of sp³-hybridized carbons (Fsp3) is 0.529. The first-order valence-corrected chi connectivity index (χ1v) is 7.83. The van der Waals surface area contributed by atoms with E-state index in [1.54, 1.807) is 6.92 Å². The molecule has 21 heavy (non-hydrogen) atoms. The van der Waals surface area contributed by atoms with Crippen LogP contribution in [0.4, 0.5) is 0 Å². The highest BCUT2D eigenvalue weighted by atomic mass is 16.1. The van der Waals surface area contributed by atoms with Crippen molar-refractivity contribution in [2.75, 3.05) is 6.54 Å². The van der Waals surface area contributed by atoms with Gasteiger partial charge in [-0.25, -0.2) is 4.98 Å². The first kappa shape index (κ1) is 15.7. The van der Waals surface area contributed by atoms with E-state index in [0.29, 0.717) is 11.7 Å². The van der Waals surface area contributed by atoms with Gasteiger partial charge in [-0.3, -0.25) is 4.79 Å². The molecule has 0 radical (unpaired) electrons. The van der Waals surface area contributed by atoms with Crippen LogP contribution in [-0.2, 0) is 6.54 Å². The Balaban J connectivity index is 2.11. The van der Waals surface area contributed by atoms with Gasteiger partial charge in [-0.1, -0.05) is 19.1 Å². The van der Waals surface area contributed by atoms with Crippen molar-refractivity contribution in [3.05, 3.63) is 40.3 Å². The monoisotopic (exact) mass is 287 g/mol.